The molecule has 1 fully saturated rings. The Morgan fingerprint density at radius 2 is 2.33 bits per heavy atom. The Kier molecular flexibility index (Phi) is 3.77. The van der Waals surface area contributed by atoms with Gasteiger partial charge in [-0.15, -0.1) is 11.8 Å². The molecule has 1 aliphatic rings. The molecule has 1 amide bonds. The monoisotopic (exact) mass is 286 g/mol. The normalized spacial score (nSPS) is 23.1. The fourth-order valence-corrected chi connectivity index (χ4v) is 3.12. The van der Waals surface area contributed by atoms with E-state index in [1.807, 2.05) is 0 Å². The first-order valence-electron chi connectivity index (χ1n) is 5.29. The van der Waals surface area contributed by atoms with Gasteiger partial charge in [0.15, 0.2) is 0 Å². The molecule has 1 aliphatic heterocycles. The van der Waals surface area contributed by atoms with Gasteiger partial charge in [0, 0.05) is 17.0 Å². The topological polar surface area (TPSA) is 70.5 Å². The van der Waals surface area contributed by atoms with E-state index in [0.29, 0.717) is 10.8 Å². The van der Waals surface area contributed by atoms with Crippen molar-refractivity contribution in [1.82, 2.24) is 9.88 Å². The summed E-state index contributed by atoms with van der Waals surface area (Å²) in [5, 5.41) is 9.32. The van der Waals surface area contributed by atoms with Crippen LogP contribution in [0.25, 0.3) is 0 Å². The Hall–Kier alpha value is -1.27. The van der Waals surface area contributed by atoms with Crippen LogP contribution in [0, 0.1) is 0 Å². The maximum atomic E-state index is 12.3. The van der Waals surface area contributed by atoms with Crippen LogP contribution in [-0.4, -0.2) is 44.0 Å². The van der Waals surface area contributed by atoms with E-state index in [-0.39, 0.29) is 11.1 Å². The molecule has 0 aromatic carbocycles. The minimum Gasteiger partial charge on any atom is -0.480 e. The number of rotatable bonds is 2. The number of hydrogen-bond donors (Lipinski definition) is 1. The number of hydrogen-bond acceptors (Lipinski definition) is 4. The van der Waals surface area contributed by atoms with E-state index >= 15 is 0 Å². The van der Waals surface area contributed by atoms with Crippen molar-refractivity contribution in [2.75, 3.05) is 5.75 Å². The molecule has 1 aromatic heterocycles. The summed E-state index contributed by atoms with van der Waals surface area (Å²) < 4.78 is 0. The molecule has 2 atom stereocenters. The number of pyridine rings is 1. The molecule has 2 unspecified atom stereocenters. The molecule has 1 aromatic rings. The quantitative estimate of drug-likeness (QED) is 0.896. The van der Waals surface area contributed by atoms with E-state index in [4.69, 9.17) is 16.7 Å². The maximum Gasteiger partial charge on any atom is 0.327 e. The third-order valence-corrected chi connectivity index (χ3v) is 4.14. The first-order valence-corrected chi connectivity index (χ1v) is 6.72. The predicted octanol–water partition coefficient (Wildman–Crippen LogP) is 1.72. The van der Waals surface area contributed by atoms with Gasteiger partial charge in [0.2, 0.25) is 0 Å². The van der Waals surface area contributed by atoms with Gasteiger partial charge < -0.3 is 10.0 Å². The van der Waals surface area contributed by atoms with Crippen LogP contribution in [0.3, 0.4) is 0 Å². The summed E-state index contributed by atoms with van der Waals surface area (Å²) >= 11 is 7.23. The Bertz CT molecular complexity index is 497. The van der Waals surface area contributed by atoms with Crippen LogP contribution in [0.15, 0.2) is 18.3 Å². The molecule has 2 heterocycles. The van der Waals surface area contributed by atoms with Crippen LogP contribution in [0.4, 0.5) is 0 Å². The Morgan fingerprint density at radius 3 is 2.94 bits per heavy atom. The Balaban J connectivity index is 2.29. The molecular formula is C11H11ClN2O3S. The van der Waals surface area contributed by atoms with Gasteiger partial charge in [-0.05, 0) is 19.1 Å². The lowest BCUT2D eigenvalue weighted by molar-refractivity contribution is -0.141. The molecule has 18 heavy (non-hydrogen) atoms. The fourth-order valence-electron chi connectivity index (χ4n) is 1.80. The number of carboxylic acid groups (broad SMARTS) is 1. The summed E-state index contributed by atoms with van der Waals surface area (Å²) in [6.07, 6.45) is 1.43. The van der Waals surface area contributed by atoms with Crippen molar-refractivity contribution in [3.8, 4) is 0 Å². The molecule has 0 saturated carbocycles. The second kappa shape index (κ2) is 5.16. The predicted molar refractivity (Wildman–Crippen MR) is 68.8 cm³/mol. The van der Waals surface area contributed by atoms with Crippen molar-refractivity contribution in [2.24, 2.45) is 0 Å². The summed E-state index contributed by atoms with van der Waals surface area (Å²) in [4.78, 5) is 28.6. The Morgan fingerprint density at radius 1 is 1.61 bits per heavy atom. The summed E-state index contributed by atoms with van der Waals surface area (Å²) in [7, 11) is 0. The SMILES string of the molecule is CC1SCC(C(=O)O)N1C(=O)c1cc(Cl)ccn1. The number of carbonyl (C=O) groups excluding carboxylic acids is 1. The highest BCUT2D eigenvalue weighted by molar-refractivity contribution is 8.00. The number of nitrogens with zero attached hydrogens (tertiary/aromatic N) is 2. The average molecular weight is 287 g/mol. The van der Waals surface area contributed by atoms with Crippen LogP contribution in [0.1, 0.15) is 17.4 Å². The van der Waals surface area contributed by atoms with Crippen molar-refractivity contribution in [3.05, 3.63) is 29.0 Å². The lowest BCUT2D eigenvalue weighted by Gasteiger charge is -2.24. The highest BCUT2D eigenvalue weighted by atomic mass is 35.5. The standard InChI is InChI=1S/C11H11ClN2O3S/c1-6-14(9(5-18-6)11(16)17)10(15)8-4-7(12)2-3-13-8/h2-4,6,9H,5H2,1H3,(H,16,17). The van der Waals surface area contributed by atoms with Gasteiger partial charge in [0.05, 0.1) is 5.37 Å². The van der Waals surface area contributed by atoms with Crippen LogP contribution in [0.2, 0.25) is 5.02 Å². The van der Waals surface area contributed by atoms with Gasteiger partial charge in [-0.1, -0.05) is 11.6 Å². The first kappa shape index (κ1) is 13.2. The van der Waals surface area contributed by atoms with Crippen molar-refractivity contribution >= 4 is 35.2 Å². The highest BCUT2D eigenvalue weighted by Gasteiger charge is 2.40. The van der Waals surface area contributed by atoms with Gasteiger partial charge in [-0.3, -0.25) is 9.78 Å². The number of halogens is 1. The minimum absolute atomic E-state index is 0.170. The molecule has 1 saturated heterocycles. The largest absolute Gasteiger partial charge is 0.480 e. The molecule has 0 bridgehead atoms. The van der Waals surface area contributed by atoms with E-state index < -0.39 is 17.9 Å². The average Bonchev–Trinajstić information content (AvgIpc) is 2.70. The van der Waals surface area contributed by atoms with Gasteiger partial charge in [0.1, 0.15) is 11.7 Å². The summed E-state index contributed by atoms with van der Waals surface area (Å²) in [5.74, 6) is -1.01. The molecule has 0 radical (unpaired) electrons. The van der Waals surface area contributed by atoms with E-state index in [2.05, 4.69) is 4.98 Å². The van der Waals surface area contributed by atoms with Gasteiger partial charge in [0.25, 0.3) is 5.91 Å². The summed E-state index contributed by atoms with van der Waals surface area (Å²) in [6.45, 7) is 1.80. The van der Waals surface area contributed by atoms with Crippen molar-refractivity contribution in [3.63, 3.8) is 0 Å². The zero-order chi connectivity index (χ0) is 13.3. The molecule has 2 rings (SSSR count). The Labute approximate surface area is 113 Å². The first-order chi connectivity index (χ1) is 8.50. The van der Waals surface area contributed by atoms with Crippen LogP contribution < -0.4 is 0 Å². The van der Waals surface area contributed by atoms with Crippen molar-refractivity contribution in [2.45, 2.75) is 18.3 Å². The van der Waals surface area contributed by atoms with Gasteiger partial charge in [-0.25, -0.2) is 4.79 Å². The number of aromatic nitrogens is 1. The second-order valence-corrected chi connectivity index (χ2v) is 5.64. The molecular weight excluding hydrogens is 276 g/mol. The maximum absolute atomic E-state index is 12.3. The van der Waals surface area contributed by atoms with Gasteiger partial charge >= 0.3 is 5.97 Å². The summed E-state index contributed by atoms with van der Waals surface area (Å²) in [5.41, 5.74) is 0.170. The van der Waals surface area contributed by atoms with E-state index in [1.165, 1.54) is 28.9 Å². The molecule has 96 valence electrons. The van der Waals surface area contributed by atoms with Crippen molar-refractivity contribution < 1.29 is 14.7 Å². The molecule has 7 heteroatoms. The number of carboxylic acids is 1. The second-order valence-electron chi connectivity index (χ2n) is 3.86. The van der Waals surface area contributed by atoms with E-state index in [9.17, 15) is 9.59 Å². The van der Waals surface area contributed by atoms with Crippen LogP contribution >= 0.6 is 23.4 Å². The summed E-state index contributed by atoms with van der Waals surface area (Å²) in [6, 6.07) is 2.20. The highest BCUT2D eigenvalue weighted by Crippen LogP contribution is 2.30. The minimum atomic E-state index is -0.998. The number of thioether (sulfide) groups is 1. The zero-order valence-electron chi connectivity index (χ0n) is 9.54. The molecule has 0 spiro atoms. The third kappa shape index (κ3) is 2.44. The lowest BCUT2D eigenvalue weighted by atomic mass is 10.2. The lowest BCUT2D eigenvalue weighted by Crippen LogP contribution is -2.45. The number of aliphatic carboxylic acids is 1. The zero-order valence-corrected chi connectivity index (χ0v) is 11.1. The van der Waals surface area contributed by atoms with Crippen LogP contribution in [-0.2, 0) is 4.79 Å². The number of carbonyl (C=O) groups is 2. The smallest absolute Gasteiger partial charge is 0.327 e. The van der Waals surface area contributed by atoms with Crippen molar-refractivity contribution in [1.29, 1.82) is 0 Å². The van der Waals surface area contributed by atoms with E-state index in [1.54, 1.807) is 13.0 Å². The third-order valence-electron chi connectivity index (χ3n) is 2.68. The molecule has 1 N–H and O–H groups in total. The van der Waals surface area contributed by atoms with Gasteiger partial charge in [-0.2, -0.15) is 0 Å². The molecule has 0 aliphatic carbocycles. The molecule has 5 nitrogen and oxygen atoms in total. The van der Waals surface area contributed by atoms with Crippen LogP contribution in [0.5, 0.6) is 0 Å². The van der Waals surface area contributed by atoms with E-state index in [0.717, 1.165) is 0 Å². The number of amides is 1. The fraction of sp³-hybridized carbons (Fsp3) is 0.364.